The summed E-state index contributed by atoms with van der Waals surface area (Å²) in [5.74, 6) is 7.01. The SMILES string of the molecule is C=S1CCN(SN2CC(COc3cc(CN)ccn3)CC(C3CCCCC3)C2)CC1.O=C(O)C(F)(F)F. The summed E-state index contributed by atoms with van der Waals surface area (Å²) in [6.45, 7) is 5.98. The standard InChI is InChI=1S/C23H38N4OS2.C2HF3O2/c1-30-11-9-26(10-12-30)29-27-16-20(13-22(17-27)21-5-3-2-4-6-21)18-28-23-14-19(15-24)7-8-25-23;3-2(4,5)1(6)7/h7-8,14,20-22H,1-6,9-13,15-18,24H2;(H,6,7). The van der Waals surface area contributed by atoms with E-state index in [0.29, 0.717) is 22.9 Å². The van der Waals surface area contributed by atoms with Gasteiger partial charge >= 0.3 is 12.1 Å². The van der Waals surface area contributed by atoms with Crippen LogP contribution >= 0.6 is 22.6 Å². The van der Waals surface area contributed by atoms with Crippen molar-refractivity contribution in [1.29, 1.82) is 0 Å². The molecule has 4 rings (SSSR count). The number of pyridine rings is 1. The molecule has 3 N–H and O–H groups in total. The third-order valence-electron chi connectivity index (χ3n) is 7.09. The summed E-state index contributed by atoms with van der Waals surface area (Å²) in [4.78, 5) is 13.3. The Morgan fingerprint density at radius 1 is 1.19 bits per heavy atom. The van der Waals surface area contributed by atoms with Crippen LogP contribution in [0.3, 0.4) is 0 Å². The van der Waals surface area contributed by atoms with Gasteiger partial charge in [0.2, 0.25) is 5.88 Å². The zero-order valence-corrected chi connectivity index (χ0v) is 22.8. The third kappa shape index (κ3) is 10.4. The van der Waals surface area contributed by atoms with Gasteiger partial charge in [0.25, 0.3) is 0 Å². The summed E-state index contributed by atoms with van der Waals surface area (Å²) in [6.07, 6.45) is 5.12. The molecule has 3 fully saturated rings. The lowest BCUT2D eigenvalue weighted by Crippen LogP contribution is -2.44. The van der Waals surface area contributed by atoms with E-state index in [1.165, 1.54) is 69.7 Å². The highest BCUT2D eigenvalue weighted by Crippen LogP contribution is 2.39. The number of nitrogens with zero attached hydrogens (tertiary/aromatic N) is 3. The molecule has 1 aromatic heterocycles. The predicted octanol–water partition coefficient (Wildman–Crippen LogP) is 4.65. The van der Waals surface area contributed by atoms with Gasteiger partial charge in [0, 0.05) is 74.5 Å². The number of hydrogen-bond donors (Lipinski definition) is 2. The number of carboxylic acid groups (broad SMARTS) is 1. The first-order valence-corrected chi connectivity index (χ1v) is 15.3. The van der Waals surface area contributed by atoms with Crippen molar-refractivity contribution < 1.29 is 27.8 Å². The van der Waals surface area contributed by atoms with E-state index in [1.54, 1.807) is 6.20 Å². The van der Waals surface area contributed by atoms with E-state index in [9.17, 15) is 13.2 Å². The fraction of sp³-hybridized carbons (Fsp3) is 0.720. The van der Waals surface area contributed by atoms with Gasteiger partial charge in [0.05, 0.1) is 6.61 Å². The molecule has 1 aliphatic carbocycles. The van der Waals surface area contributed by atoms with Crippen LogP contribution in [0.4, 0.5) is 13.2 Å². The number of piperidine rings is 1. The van der Waals surface area contributed by atoms with E-state index in [2.05, 4.69) is 19.5 Å². The maximum atomic E-state index is 10.6. The van der Waals surface area contributed by atoms with Crippen LogP contribution in [0.1, 0.15) is 44.1 Å². The van der Waals surface area contributed by atoms with Gasteiger partial charge in [0.15, 0.2) is 0 Å². The molecule has 3 aliphatic rings. The Bertz CT molecular complexity index is 877. The van der Waals surface area contributed by atoms with Gasteiger partial charge in [-0.1, -0.05) is 38.0 Å². The lowest BCUT2D eigenvalue weighted by atomic mass is 9.75. The van der Waals surface area contributed by atoms with Crippen molar-refractivity contribution in [2.75, 3.05) is 44.3 Å². The topological polar surface area (TPSA) is 91.9 Å². The van der Waals surface area contributed by atoms with Gasteiger partial charge in [-0.2, -0.15) is 23.7 Å². The van der Waals surface area contributed by atoms with Gasteiger partial charge in [-0.15, -0.1) is 0 Å². The molecule has 0 radical (unpaired) electrons. The van der Waals surface area contributed by atoms with Gasteiger partial charge in [-0.25, -0.2) is 18.4 Å². The Kier molecular flexibility index (Phi) is 12.0. The molecule has 2 atom stereocenters. The monoisotopic (exact) mass is 564 g/mol. The maximum Gasteiger partial charge on any atom is 0.490 e. The van der Waals surface area contributed by atoms with Crippen LogP contribution < -0.4 is 10.5 Å². The van der Waals surface area contributed by atoms with Crippen LogP contribution in [-0.2, 0) is 11.3 Å². The van der Waals surface area contributed by atoms with E-state index < -0.39 is 12.1 Å². The van der Waals surface area contributed by atoms with Crippen LogP contribution in [0, 0.1) is 17.8 Å². The molecule has 1 saturated carbocycles. The molecule has 7 nitrogen and oxygen atoms in total. The number of carboxylic acids is 1. The second kappa shape index (κ2) is 14.7. The lowest BCUT2D eigenvalue weighted by molar-refractivity contribution is -0.192. The summed E-state index contributed by atoms with van der Waals surface area (Å²) in [5, 5.41) is 7.12. The van der Waals surface area contributed by atoms with E-state index in [0.717, 1.165) is 36.4 Å². The molecule has 210 valence electrons. The molecular weight excluding hydrogens is 525 g/mol. The molecule has 0 bridgehead atoms. The number of carbonyl (C=O) groups is 1. The van der Waals surface area contributed by atoms with Crippen molar-refractivity contribution in [2.45, 2.75) is 51.2 Å². The second-order valence-corrected chi connectivity index (χ2v) is 13.2. The molecule has 12 heteroatoms. The number of nitrogens with two attached hydrogens (primary N) is 1. The van der Waals surface area contributed by atoms with Crippen molar-refractivity contribution in [3.63, 3.8) is 0 Å². The minimum atomic E-state index is -5.08. The van der Waals surface area contributed by atoms with Crippen LogP contribution in [0.15, 0.2) is 18.3 Å². The largest absolute Gasteiger partial charge is 0.490 e. The summed E-state index contributed by atoms with van der Waals surface area (Å²) in [7, 11) is 0.378. The van der Waals surface area contributed by atoms with Crippen molar-refractivity contribution >= 4 is 34.5 Å². The van der Waals surface area contributed by atoms with Crippen molar-refractivity contribution in [2.24, 2.45) is 23.5 Å². The van der Waals surface area contributed by atoms with E-state index >= 15 is 0 Å². The quantitative estimate of drug-likeness (QED) is 0.365. The smallest absolute Gasteiger partial charge is 0.477 e. The molecule has 2 unspecified atom stereocenters. The van der Waals surface area contributed by atoms with Gasteiger partial charge in [-0.3, -0.25) is 0 Å². The summed E-state index contributed by atoms with van der Waals surface area (Å²) >= 11 is 2.00. The fourth-order valence-electron chi connectivity index (χ4n) is 5.12. The number of alkyl halides is 3. The van der Waals surface area contributed by atoms with E-state index in [-0.39, 0.29) is 0 Å². The van der Waals surface area contributed by atoms with Crippen LogP contribution in [0.25, 0.3) is 0 Å². The fourth-order valence-corrected chi connectivity index (χ4v) is 7.72. The number of aromatic nitrogens is 1. The Morgan fingerprint density at radius 2 is 1.86 bits per heavy atom. The molecule has 37 heavy (non-hydrogen) atoms. The zero-order valence-electron chi connectivity index (χ0n) is 21.2. The lowest BCUT2D eigenvalue weighted by Gasteiger charge is -2.43. The molecule has 0 spiro atoms. The van der Waals surface area contributed by atoms with E-state index in [4.69, 9.17) is 20.4 Å². The molecule has 2 saturated heterocycles. The Hall–Kier alpha value is -1.34. The molecule has 1 aromatic rings. The van der Waals surface area contributed by atoms with Crippen LogP contribution in [-0.4, -0.2) is 81.0 Å². The number of ether oxygens (including phenoxy) is 1. The average molecular weight is 565 g/mol. The zero-order chi connectivity index (χ0) is 26.8. The molecule has 0 aromatic carbocycles. The van der Waals surface area contributed by atoms with Gasteiger partial charge in [0.1, 0.15) is 0 Å². The first kappa shape index (κ1) is 30.2. The van der Waals surface area contributed by atoms with Crippen molar-refractivity contribution in [3.05, 3.63) is 23.9 Å². The maximum absolute atomic E-state index is 10.6. The summed E-state index contributed by atoms with van der Waals surface area (Å²) < 4.78 is 43.1. The highest BCUT2D eigenvalue weighted by Gasteiger charge is 2.38. The Balaban J connectivity index is 0.000000479. The van der Waals surface area contributed by atoms with E-state index in [1.807, 2.05) is 24.3 Å². The van der Waals surface area contributed by atoms with Crippen molar-refractivity contribution in [3.8, 4) is 5.88 Å². The average Bonchev–Trinajstić information content (AvgIpc) is 2.89. The molecular formula is C25H39F3N4O3S2. The Morgan fingerprint density at radius 3 is 2.49 bits per heavy atom. The summed E-state index contributed by atoms with van der Waals surface area (Å²) in [6, 6.07) is 3.94. The number of aliphatic carboxylic acids is 1. The van der Waals surface area contributed by atoms with Gasteiger partial charge in [-0.05, 0) is 29.9 Å². The van der Waals surface area contributed by atoms with Crippen LogP contribution in [0.2, 0.25) is 0 Å². The van der Waals surface area contributed by atoms with Crippen molar-refractivity contribution in [1.82, 2.24) is 13.6 Å². The number of hydrogen-bond acceptors (Lipinski definition) is 7. The van der Waals surface area contributed by atoms with Crippen LogP contribution in [0.5, 0.6) is 5.88 Å². The first-order chi connectivity index (χ1) is 17.6. The molecule has 2 aliphatic heterocycles. The minimum Gasteiger partial charge on any atom is -0.477 e. The summed E-state index contributed by atoms with van der Waals surface area (Å²) in [5.41, 5.74) is 6.85. The minimum absolute atomic E-state index is 0.378. The number of halogens is 3. The van der Waals surface area contributed by atoms with Gasteiger partial charge < -0.3 is 15.6 Å². The normalized spacial score (nSPS) is 24.8. The predicted molar refractivity (Wildman–Crippen MR) is 145 cm³/mol. The third-order valence-corrected chi connectivity index (χ3v) is 9.73. The second-order valence-electron chi connectivity index (χ2n) is 9.96. The highest BCUT2D eigenvalue weighted by molar-refractivity contribution is 8.14. The molecule has 3 heterocycles. The number of rotatable bonds is 7. The highest BCUT2D eigenvalue weighted by atomic mass is 32.2. The first-order valence-electron chi connectivity index (χ1n) is 12.9. The Labute approximate surface area is 224 Å². The molecule has 0 amide bonds.